The van der Waals surface area contributed by atoms with Gasteiger partial charge in [-0.25, -0.2) is 9.18 Å². The van der Waals surface area contributed by atoms with Gasteiger partial charge in [-0.15, -0.1) is 0 Å². The largest absolute Gasteiger partial charge is 0.444 e. The number of carbonyl (C=O) groups is 1. The third-order valence-electron chi connectivity index (χ3n) is 2.81. The Morgan fingerprint density at radius 1 is 1.36 bits per heavy atom. The van der Waals surface area contributed by atoms with E-state index in [1.807, 2.05) is 6.07 Å². The van der Waals surface area contributed by atoms with E-state index < -0.39 is 17.5 Å². The van der Waals surface area contributed by atoms with Crippen LogP contribution in [0.5, 0.6) is 0 Å². The standard InChI is InChI=1S/C16H22FN3O2/c1-11-13(17)8-12(10-18)9-14(11)19-6-5-7-20-15(21)22-16(2,3)4/h8-9,19H,5-7H2,1-4H3,(H,20,21). The van der Waals surface area contributed by atoms with Gasteiger partial charge in [-0.1, -0.05) is 0 Å². The van der Waals surface area contributed by atoms with Crippen molar-refractivity contribution in [2.75, 3.05) is 18.4 Å². The Morgan fingerprint density at radius 3 is 2.64 bits per heavy atom. The molecule has 0 saturated heterocycles. The molecule has 1 aromatic carbocycles. The maximum atomic E-state index is 13.6. The van der Waals surface area contributed by atoms with Gasteiger partial charge in [-0.05, 0) is 46.2 Å². The summed E-state index contributed by atoms with van der Waals surface area (Å²) in [4.78, 5) is 11.4. The summed E-state index contributed by atoms with van der Waals surface area (Å²) in [5.74, 6) is -0.409. The lowest BCUT2D eigenvalue weighted by Crippen LogP contribution is -2.33. The van der Waals surface area contributed by atoms with Crippen molar-refractivity contribution in [3.05, 3.63) is 29.1 Å². The molecular weight excluding hydrogens is 285 g/mol. The van der Waals surface area contributed by atoms with Gasteiger partial charge in [0.25, 0.3) is 0 Å². The molecule has 0 atom stereocenters. The van der Waals surface area contributed by atoms with Crippen LogP contribution in [0.4, 0.5) is 14.9 Å². The number of ether oxygens (including phenoxy) is 1. The summed E-state index contributed by atoms with van der Waals surface area (Å²) in [6, 6.07) is 4.74. The minimum atomic E-state index is -0.519. The van der Waals surface area contributed by atoms with Crippen molar-refractivity contribution in [3.63, 3.8) is 0 Å². The number of nitrogens with one attached hydrogen (secondary N) is 2. The number of anilines is 1. The summed E-state index contributed by atoms with van der Waals surface area (Å²) in [5.41, 5.74) is 0.819. The molecule has 0 aliphatic carbocycles. The molecule has 0 heterocycles. The van der Waals surface area contributed by atoms with Gasteiger partial charge in [0.15, 0.2) is 0 Å². The van der Waals surface area contributed by atoms with Crippen LogP contribution in [0.1, 0.15) is 38.3 Å². The smallest absolute Gasteiger partial charge is 0.407 e. The quantitative estimate of drug-likeness (QED) is 0.818. The molecule has 0 radical (unpaired) electrons. The third-order valence-corrected chi connectivity index (χ3v) is 2.81. The second-order valence-electron chi connectivity index (χ2n) is 5.95. The van der Waals surface area contributed by atoms with Gasteiger partial charge in [-0.2, -0.15) is 5.26 Å². The zero-order valence-electron chi connectivity index (χ0n) is 13.4. The van der Waals surface area contributed by atoms with Gasteiger partial charge in [0.2, 0.25) is 0 Å². The van der Waals surface area contributed by atoms with Crippen LogP contribution in [0, 0.1) is 24.1 Å². The first-order valence-electron chi connectivity index (χ1n) is 7.14. The molecule has 0 fully saturated rings. The molecule has 120 valence electrons. The predicted molar refractivity (Wildman–Crippen MR) is 83.2 cm³/mol. The van der Waals surface area contributed by atoms with Crippen molar-refractivity contribution in [3.8, 4) is 6.07 Å². The first-order valence-corrected chi connectivity index (χ1v) is 7.14. The van der Waals surface area contributed by atoms with E-state index in [1.165, 1.54) is 6.07 Å². The molecule has 0 aliphatic rings. The number of hydrogen-bond acceptors (Lipinski definition) is 4. The number of alkyl carbamates (subject to hydrolysis) is 1. The topological polar surface area (TPSA) is 74.2 Å². The van der Waals surface area contributed by atoms with E-state index in [2.05, 4.69) is 10.6 Å². The van der Waals surface area contributed by atoms with Crippen LogP contribution in [0.2, 0.25) is 0 Å². The highest BCUT2D eigenvalue weighted by atomic mass is 19.1. The highest BCUT2D eigenvalue weighted by Gasteiger charge is 2.15. The van der Waals surface area contributed by atoms with Crippen LogP contribution in [-0.2, 0) is 4.74 Å². The molecule has 0 unspecified atom stereocenters. The van der Waals surface area contributed by atoms with Crippen molar-refractivity contribution in [2.45, 2.75) is 39.7 Å². The SMILES string of the molecule is Cc1c(F)cc(C#N)cc1NCCCNC(=O)OC(C)(C)C. The van der Waals surface area contributed by atoms with Crippen LogP contribution in [-0.4, -0.2) is 24.8 Å². The molecule has 1 rings (SSSR count). The summed E-state index contributed by atoms with van der Waals surface area (Å²) in [7, 11) is 0. The van der Waals surface area contributed by atoms with Crippen LogP contribution < -0.4 is 10.6 Å². The van der Waals surface area contributed by atoms with Gasteiger partial charge in [0.05, 0.1) is 11.6 Å². The molecular formula is C16H22FN3O2. The van der Waals surface area contributed by atoms with Gasteiger partial charge in [0, 0.05) is 24.3 Å². The zero-order chi connectivity index (χ0) is 16.8. The van der Waals surface area contributed by atoms with E-state index in [1.54, 1.807) is 33.8 Å². The second kappa shape index (κ2) is 7.64. The Bertz CT molecular complexity index is 574. The summed E-state index contributed by atoms with van der Waals surface area (Å²) in [6.45, 7) is 8.04. The highest BCUT2D eigenvalue weighted by Crippen LogP contribution is 2.20. The minimum absolute atomic E-state index is 0.275. The Balaban J connectivity index is 2.38. The molecule has 2 N–H and O–H groups in total. The maximum absolute atomic E-state index is 13.6. The Kier molecular flexibility index (Phi) is 6.17. The van der Waals surface area contributed by atoms with Crippen LogP contribution in [0.3, 0.4) is 0 Å². The van der Waals surface area contributed by atoms with Crippen molar-refractivity contribution in [2.24, 2.45) is 0 Å². The Hall–Kier alpha value is -2.29. The molecule has 22 heavy (non-hydrogen) atoms. The number of amides is 1. The van der Waals surface area contributed by atoms with Crippen LogP contribution in [0.15, 0.2) is 12.1 Å². The number of hydrogen-bond donors (Lipinski definition) is 2. The van der Waals surface area contributed by atoms with E-state index >= 15 is 0 Å². The molecule has 0 spiro atoms. The monoisotopic (exact) mass is 307 g/mol. The average molecular weight is 307 g/mol. The highest BCUT2D eigenvalue weighted by molar-refractivity contribution is 5.67. The fourth-order valence-corrected chi connectivity index (χ4v) is 1.74. The van der Waals surface area contributed by atoms with Gasteiger partial charge < -0.3 is 15.4 Å². The summed E-state index contributed by atoms with van der Waals surface area (Å²) in [6.07, 6.45) is 0.193. The van der Waals surface area contributed by atoms with E-state index in [0.717, 1.165) is 0 Å². The van der Waals surface area contributed by atoms with Gasteiger partial charge >= 0.3 is 6.09 Å². The maximum Gasteiger partial charge on any atom is 0.407 e. The summed E-state index contributed by atoms with van der Waals surface area (Å²) < 4.78 is 18.7. The lowest BCUT2D eigenvalue weighted by molar-refractivity contribution is 0.0528. The van der Waals surface area contributed by atoms with Crippen molar-refractivity contribution in [1.29, 1.82) is 5.26 Å². The average Bonchev–Trinajstić information content (AvgIpc) is 2.40. The van der Waals surface area contributed by atoms with Gasteiger partial charge in [0.1, 0.15) is 11.4 Å². The molecule has 0 aliphatic heterocycles. The number of benzene rings is 1. The van der Waals surface area contributed by atoms with Crippen LogP contribution in [0.25, 0.3) is 0 Å². The van der Waals surface area contributed by atoms with E-state index in [9.17, 15) is 9.18 Å². The lowest BCUT2D eigenvalue weighted by atomic mass is 10.1. The van der Waals surface area contributed by atoms with E-state index in [0.29, 0.717) is 30.8 Å². The second-order valence-corrected chi connectivity index (χ2v) is 5.95. The van der Waals surface area contributed by atoms with Crippen LogP contribution >= 0.6 is 0 Å². The fourth-order valence-electron chi connectivity index (χ4n) is 1.74. The fraction of sp³-hybridized carbons (Fsp3) is 0.500. The number of halogens is 1. The van der Waals surface area contributed by atoms with Crippen molar-refractivity contribution < 1.29 is 13.9 Å². The Labute approximate surface area is 130 Å². The molecule has 0 saturated carbocycles. The summed E-state index contributed by atoms with van der Waals surface area (Å²) in [5, 5.41) is 14.5. The summed E-state index contributed by atoms with van der Waals surface area (Å²) >= 11 is 0. The van der Waals surface area contributed by atoms with Crippen molar-refractivity contribution in [1.82, 2.24) is 5.32 Å². The number of nitriles is 1. The molecule has 6 heteroatoms. The molecule has 1 amide bonds. The first-order chi connectivity index (χ1) is 10.2. The van der Waals surface area contributed by atoms with E-state index in [4.69, 9.17) is 10.00 Å². The Morgan fingerprint density at radius 2 is 2.05 bits per heavy atom. The minimum Gasteiger partial charge on any atom is -0.444 e. The number of rotatable bonds is 5. The third kappa shape index (κ3) is 6.00. The predicted octanol–water partition coefficient (Wildman–Crippen LogP) is 3.33. The first kappa shape index (κ1) is 17.8. The molecule has 0 bridgehead atoms. The normalized spacial score (nSPS) is 10.7. The van der Waals surface area contributed by atoms with E-state index in [-0.39, 0.29) is 5.56 Å². The lowest BCUT2D eigenvalue weighted by Gasteiger charge is -2.19. The molecule has 0 aromatic heterocycles. The molecule has 5 nitrogen and oxygen atoms in total. The number of carbonyl (C=O) groups excluding carboxylic acids is 1. The molecule has 1 aromatic rings. The number of nitrogens with zero attached hydrogens (tertiary/aromatic N) is 1. The van der Waals surface area contributed by atoms with Gasteiger partial charge in [-0.3, -0.25) is 0 Å². The zero-order valence-corrected chi connectivity index (χ0v) is 13.4. The van der Waals surface area contributed by atoms with Crippen molar-refractivity contribution >= 4 is 11.8 Å².